The fourth-order valence-electron chi connectivity index (χ4n) is 2.05. The molecule has 0 saturated carbocycles. The number of H-pyrrole nitrogens is 1. The van der Waals surface area contributed by atoms with Crippen molar-refractivity contribution in [2.24, 2.45) is 0 Å². The predicted molar refractivity (Wildman–Crippen MR) is 82.3 cm³/mol. The third kappa shape index (κ3) is 3.39. The van der Waals surface area contributed by atoms with E-state index in [2.05, 4.69) is 30.8 Å². The topological polar surface area (TPSA) is 98.8 Å². The number of nitrogens with zero attached hydrogens (tertiary/aromatic N) is 4. The van der Waals surface area contributed by atoms with Gasteiger partial charge in [-0.15, -0.1) is 0 Å². The summed E-state index contributed by atoms with van der Waals surface area (Å²) in [6.07, 6.45) is 1.65. The van der Waals surface area contributed by atoms with Crippen LogP contribution in [0.15, 0.2) is 6.20 Å². The Morgan fingerprint density at radius 1 is 1.24 bits per heavy atom. The molecule has 0 aliphatic rings. The third-order valence-electron chi connectivity index (χ3n) is 3.17. The molecule has 2 aromatic heterocycles. The number of anilines is 2. The minimum Gasteiger partial charge on any atom is -0.360 e. The Bertz CT molecular complexity index is 606. The smallest absolute Gasteiger partial charge is 0.241 e. The fraction of sp³-hybridized carbons (Fsp3) is 0.538. The van der Waals surface area contributed by atoms with E-state index in [-0.39, 0.29) is 12.5 Å². The Labute approximate surface area is 123 Å². The third-order valence-corrected chi connectivity index (χ3v) is 3.17. The zero-order chi connectivity index (χ0) is 15.2. The molecule has 0 aliphatic carbocycles. The van der Waals surface area contributed by atoms with E-state index in [4.69, 9.17) is 0 Å². The van der Waals surface area contributed by atoms with Crippen LogP contribution in [0, 0.1) is 0 Å². The molecule has 114 valence electrons. The van der Waals surface area contributed by atoms with Crippen molar-refractivity contribution in [1.82, 2.24) is 25.1 Å². The Morgan fingerprint density at radius 2 is 2.00 bits per heavy atom. The van der Waals surface area contributed by atoms with Crippen LogP contribution in [0.4, 0.5) is 11.8 Å². The van der Waals surface area contributed by atoms with Crippen molar-refractivity contribution in [3.8, 4) is 0 Å². The van der Waals surface area contributed by atoms with Gasteiger partial charge in [0.1, 0.15) is 5.82 Å². The first kappa shape index (κ1) is 15.0. The van der Waals surface area contributed by atoms with Gasteiger partial charge in [-0.3, -0.25) is 9.89 Å². The summed E-state index contributed by atoms with van der Waals surface area (Å²) in [6.45, 7) is 8.21. The van der Waals surface area contributed by atoms with Gasteiger partial charge in [0.15, 0.2) is 5.65 Å². The van der Waals surface area contributed by atoms with Crippen LogP contribution < -0.4 is 10.6 Å². The van der Waals surface area contributed by atoms with Crippen molar-refractivity contribution in [3.05, 3.63) is 6.20 Å². The lowest BCUT2D eigenvalue weighted by Crippen LogP contribution is -2.35. The predicted octanol–water partition coefficient (Wildman–Crippen LogP) is 1.06. The number of likely N-dealkylation sites (N-methyl/N-ethyl adjacent to an activating group) is 1. The standard InChI is InChI=1S/C13H21N7O/c1-4-14-13-17-11(9-7-16-19-12(9)18-13)15-8-10(21)20(5-2)6-3/h7H,4-6,8H2,1-3H3,(H3,14,15,16,17,18,19). The zero-order valence-electron chi connectivity index (χ0n) is 12.6. The van der Waals surface area contributed by atoms with Crippen LogP contribution in [-0.4, -0.2) is 57.2 Å². The summed E-state index contributed by atoms with van der Waals surface area (Å²) in [4.78, 5) is 22.5. The van der Waals surface area contributed by atoms with Crippen molar-refractivity contribution >= 4 is 28.7 Å². The van der Waals surface area contributed by atoms with E-state index in [1.54, 1.807) is 11.1 Å². The number of rotatable bonds is 7. The van der Waals surface area contributed by atoms with Gasteiger partial charge in [-0.25, -0.2) is 0 Å². The molecule has 2 aromatic rings. The zero-order valence-corrected chi connectivity index (χ0v) is 12.6. The van der Waals surface area contributed by atoms with Gasteiger partial charge in [0.25, 0.3) is 0 Å². The lowest BCUT2D eigenvalue weighted by atomic mass is 10.3. The van der Waals surface area contributed by atoms with Gasteiger partial charge >= 0.3 is 0 Å². The molecule has 3 N–H and O–H groups in total. The number of hydrogen-bond acceptors (Lipinski definition) is 6. The monoisotopic (exact) mass is 291 g/mol. The number of nitrogens with one attached hydrogen (secondary N) is 3. The molecule has 0 unspecified atom stereocenters. The second kappa shape index (κ2) is 6.87. The molecule has 0 saturated heterocycles. The second-order valence-electron chi connectivity index (χ2n) is 4.48. The van der Waals surface area contributed by atoms with Gasteiger partial charge in [-0.05, 0) is 20.8 Å². The van der Waals surface area contributed by atoms with Crippen LogP contribution in [0.25, 0.3) is 11.0 Å². The highest BCUT2D eigenvalue weighted by Gasteiger charge is 2.13. The molecule has 0 spiro atoms. The highest BCUT2D eigenvalue weighted by molar-refractivity contribution is 5.89. The molecule has 0 aliphatic heterocycles. The van der Waals surface area contributed by atoms with Crippen LogP contribution in [0.2, 0.25) is 0 Å². The maximum absolute atomic E-state index is 12.0. The van der Waals surface area contributed by atoms with E-state index in [9.17, 15) is 4.79 Å². The van der Waals surface area contributed by atoms with Crippen molar-refractivity contribution in [2.45, 2.75) is 20.8 Å². The van der Waals surface area contributed by atoms with Gasteiger partial charge < -0.3 is 15.5 Å². The molecule has 1 amide bonds. The summed E-state index contributed by atoms with van der Waals surface area (Å²) >= 11 is 0. The van der Waals surface area contributed by atoms with Crippen LogP contribution in [0.1, 0.15) is 20.8 Å². The number of aromatic nitrogens is 4. The van der Waals surface area contributed by atoms with E-state index in [0.29, 0.717) is 30.5 Å². The summed E-state index contributed by atoms with van der Waals surface area (Å²) in [5.41, 5.74) is 0.638. The van der Waals surface area contributed by atoms with E-state index < -0.39 is 0 Å². The molecule has 2 rings (SSSR count). The quantitative estimate of drug-likeness (QED) is 0.705. The maximum Gasteiger partial charge on any atom is 0.241 e. The largest absolute Gasteiger partial charge is 0.360 e. The summed E-state index contributed by atoms with van der Waals surface area (Å²) in [7, 11) is 0. The normalized spacial score (nSPS) is 10.6. The molecule has 0 bridgehead atoms. The lowest BCUT2D eigenvalue weighted by Gasteiger charge is -2.19. The van der Waals surface area contributed by atoms with E-state index in [1.165, 1.54) is 0 Å². The molecule has 8 nitrogen and oxygen atoms in total. The highest BCUT2D eigenvalue weighted by Crippen LogP contribution is 2.19. The molecule has 0 atom stereocenters. The van der Waals surface area contributed by atoms with Crippen molar-refractivity contribution in [1.29, 1.82) is 0 Å². The molecule has 21 heavy (non-hydrogen) atoms. The number of carbonyl (C=O) groups is 1. The fourth-order valence-corrected chi connectivity index (χ4v) is 2.05. The van der Waals surface area contributed by atoms with Gasteiger partial charge in [0.2, 0.25) is 11.9 Å². The lowest BCUT2D eigenvalue weighted by molar-refractivity contribution is -0.128. The SMILES string of the molecule is CCNc1nc(NCC(=O)N(CC)CC)c2cn[nH]c2n1. The molecular formula is C13H21N7O. The molecule has 2 heterocycles. The number of aromatic amines is 1. The van der Waals surface area contributed by atoms with Crippen LogP contribution in [0.3, 0.4) is 0 Å². The maximum atomic E-state index is 12.0. The Kier molecular flexibility index (Phi) is 4.91. The van der Waals surface area contributed by atoms with E-state index in [0.717, 1.165) is 11.9 Å². The van der Waals surface area contributed by atoms with Crippen molar-refractivity contribution < 1.29 is 4.79 Å². The van der Waals surface area contributed by atoms with Gasteiger partial charge in [-0.1, -0.05) is 0 Å². The minimum absolute atomic E-state index is 0.0419. The average Bonchev–Trinajstić information content (AvgIpc) is 2.95. The molecule has 8 heteroatoms. The first-order chi connectivity index (χ1) is 10.2. The second-order valence-corrected chi connectivity index (χ2v) is 4.48. The minimum atomic E-state index is 0.0419. The molecule has 0 fully saturated rings. The van der Waals surface area contributed by atoms with Crippen LogP contribution >= 0.6 is 0 Å². The first-order valence-corrected chi connectivity index (χ1v) is 7.16. The van der Waals surface area contributed by atoms with Crippen molar-refractivity contribution in [2.75, 3.05) is 36.8 Å². The highest BCUT2D eigenvalue weighted by atomic mass is 16.2. The molecule has 0 radical (unpaired) electrons. The number of carbonyl (C=O) groups excluding carboxylic acids is 1. The van der Waals surface area contributed by atoms with Gasteiger partial charge in [-0.2, -0.15) is 15.1 Å². The Balaban J connectivity index is 2.17. The van der Waals surface area contributed by atoms with Gasteiger partial charge in [0, 0.05) is 19.6 Å². The van der Waals surface area contributed by atoms with Crippen LogP contribution in [0.5, 0.6) is 0 Å². The van der Waals surface area contributed by atoms with Gasteiger partial charge in [0.05, 0.1) is 18.1 Å². The number of amides is 1. The summed E-state index contributed by atoms with van der Waals surface area (Å²) < 4.78 is 0. The van der Waals surface area contributed by atoms with Crippen LogP contribution in [-0.2, 0) is 4.79 Å². The Hall–Kier alpha value is -2.38. The molecule has 0 aromatic carbocycles. The summed E-state index contributed by atoms with van der Waals surface area (Å²) in [5.74, 6) is 1.15. The van der Waals surface area contributed by atoms with E-state index >= 15 is 0 Å². The Morgan fingerprint density at radius 3 is 2.67 bits per heavy atom. The first-order valence-electron chi connectivity index (χ1n) is 7.16. The summed E-state index contributed by atoms with van der Waals surface area (Å²) in [5, 5.41) is 13.7. The average molecular weight is 291 g/mol. The summed E-state index contributed by atoms with van der Waals surface area (Å²) in [6, 6.07) is 0. The van der Waals surface area contributed by atoms with E-state index in [1.807, 2.05) is 20.8 Å². The molecular weight excluding hydrogens is 270 g/mol. The van der Waals surface area contributed by atoms with Crippen molar-refractivity contribution in [3.63, 3.8) is 0 Å². The number of fused-ring (bicyclic) bond motifs is 1. The number of hydrogen-bond donors (Lipinski definition) is 3.